The summed E-state index contributed by atoms with van der Waals surface area (Å²) in [6.07, 6.45) is 1.54. The molecule has 1 amide bonds. The van der Waals surface area contributed by atoms with Crippen molar-refractivity contribution in [1.82, 2.24) is 0 Å². The molecule has 0 aliphatic carbocycles. The van der Waals surface area contributed by atoms with Gasteiger partial charge in [0.05, 0.1) is 4.90 Å². The Bertz CT molecular complexity index is 928. The quantitative estimate of drug-likeness (QED) is 0.583. The molecular formula is C17H18N2O6S. The first kappa shape index (κ1) is 19.4. The van der Waals surface area contributed by atoms with Gasteiger partial charge in [0.25, 0.3) is 5.91 Å². The summed E-state index contributed by atoms with van der Waals surface area (Å²) in [6, 6.07) is 8.73. The van der Waals surface area contributed by atoms with Crippen LogP contribution in [0.5, 0.6) is 0 Å². The first-order valence-corrected chi connectivity index (χ1v) is 9.08. The molecule has 0 bridgehead atoms. The monoisotopic (exact) mass is 378 g/mol. The van der Waals surface area contributed by atoms with E-state index in [1.807, 2.05) is 0 Å². The number of furan rings is 1. The number of nitrogens with one attached hydrogen (secondary N) is 1. The number of aryl methyl sites for hydroxylation is 1. The van der Waals surface area contributed by atoms with Gasteiger partial charge < -0.3 is 14.5 Å². The van der Waals surface area contributed by atoms with Crippen LogP contribution < -0.4 is 10.5 Å². The molecule has 0 spiro atoms. The van der Waals surface area contributed by atoms with Crippen LogP contribution in [0.2, 0.25) is 0 Å². The molecule has 8 nitrogen and oxygen atoms in total. The molecule has 0 saturated heterocycles. The molecule has 0 unspecified atom stereocenters. The summed E-state index contributed by atoms with van der Waals surface area (Å²) >= 11 is 0. The van der Waals surface area contributed by atoms with Gasteiger partial charge in [-0.05, 0) is 56.3 Å². The Kier molecular flexibility index (Phi) is 5.96. The highest BCUT2D eigenvalue weighted by Crippen LogP contribution is 2.13. The number of anilines is 1. The SMILES string of the molecule is Cc1ccc(/C=C/C(=O)O[C@@H](C)C(=O)Nc2ccc(S(N)(=O)=O)cc2)o1. The fourth-order valence-electron chi connectivity index (χ4n) is 1.93. The van der Waals surface area contributed by atoms with Crippen LogP contribution in [0, 0.1) is 6.92 Å². The third-order valence-electron chi connectivity index (χ3n) is 3.26. The predicted octanol–water partition coefficient (Wildman–Crippen LogP) is 1.82. The van der Waals surface area contributed by atoms with Crippen LogP contribution in [0.4, 0.5) is 5.69 Å². The summed E-state index contributed by atoms with van der Waals surface area (Å²) in [5.74, 6) is -0.0686. The molecule has 3 N–H and O–H groups in total. The van der Waals surface area contributed by atoms with E-state index in [-0.39, 0.29) is 4.90 Å². The van der Waals surface area contributed by atoms with E-state index in [0.29, 0.717) is 17.2 Å². The van der Waals surface area contributed by atoms with E-state index in [4.69, 9.17) is 14.3 Å². The number of hydrogen-bond acceptors (Lipinski definition) is 6. The Labute approximate surface area is 150 Å². The fraction of sp³-hybridized carbons (Fsp3) is 0.176. The molecule has 1 aromatic carbocycles. The lowest BCUT2D eigenvalue weighted by Gasteiger charge is -2.12. The van der Waals surface area contributed by atoms with E-state index in [1.54, 1.807) is 19.1 Å². The molecule has 0 radical (unpaired) electrons. The van der Waals surface area contributed by atoms with E-state index in [9.17, 15) is 18.0 Å². The van der Waals surface area contributed by atoms with Crippen LogP contribution in [-0.4, -0.2) is 26.4 Å². The smallest absolute Gasteiger partial charge is 0.331 e. The highest BCUT2D eigenvalue weighted by molar-refractivity contribution is 7.89. The van der Waals surface area contributed by atoms with Gasteiger partial charge in [-0.2, -0.15) is 0 Å². The predicted molar refractivity (Wildman–Crippen MR) is 94.5 cm³/mol. The van der Waals surface area contributed by atoms with E-state index < -0.39 is 28.0 Å². The number of esters is 1. The third kappa shape index (κ3) is 5.57. The summed E-state index contributed by atoms with van der Waals surface area (Å²) in [6.45, 7) is 3.19. The van der Waals surface area contributed by atoms with Gasteiger partial charge in [0.1, 0.15) is 11.5 Å². The summed E-state index contributed by atoms with van der Waals surface area (Å²) in [4.78, 5) is 23.7. The van der Waals surface area contributed by atoms with Crippen molar-refractivity contribution in [3.8, 4) is 0 Å². The van der Waals surface area contributed by atoms with Crippen molar-refractivity contribution in [1.29, 1.82) is 0 Å². The maximum absolute atomic E-state index is 12.0. The fourth-order valence-corrected chi connectivity index (χ4v) is 2.45. The number of primary sulfonamides is 1. The number of ether oxygens (including phenoxy) is 1. The second kappa shape index (κ2) is 7.98. The Morgan fingerprint density at radius 2 is 1.85 bits per heavy atom. The topological polar surface area (TPSA) is 129 Å². The largest absolute Gasteiger partial charge is 0.462 e. The molecule has 9 heteroatoms. The normalized spacial score (nSPS) is 12.7. The Morgan fingerprint density at radius 3 is 2.38 bits per heavy atom. The van der Waals surface area contributed by atoms with Gasteiger partial charge in [-0.15, -0.1) is 0 Å². The van der Waals surface area contributed by atoms with Gasteiger partial charge >= 0.3 is 5.97 Å². The van der Waals surface area contributed by atoms with Gasteiger partial charge in [0.15, 0.2) is 6.10 Å². The van der Waals surface area contributed by atoms with Crippen molar-refractivity contribution in [2.75, 3.05) is 5.32 Å². The first-order valence-electron chi connectivity index (χ1n) is 7.54. The zero-order valence-corrected chi connectivity index (χ0v) is 14.9. The van der Waals surface area contributed by atoms with Crippen molar-refractivity contribution in [3.63, 3.8) is 0 Å². The van der Waals surface area contributed by atoms with Crippen LogP contribution in [0.3, 0.4) is 0 Å². The van der Waals surface area contributed by atoms with Crippen molar-refractivity contribution in [2.24, 2.45) is 5.14 Å². The lowest BCUT2D eigenvalue weighted by Crippen LogP contribution is -2.29. The Balaban J connectivity index is 1.90. The maximum atomic E-state index is 12.0. The second-order valence-electron chi connectivity index (χ2n) is 5.42. The highest BCUT2D eigenvalue weighted by atomic mass is 32.2. The molecule has 1 atom stereocenters. The van der Waals surface area contributed by atoms with E-state index in [2.05, 4.69) is 5.32 Å². The van der Waals surface area contributed by atoms with E-state index in [1.165, 1.54) is 37.3 Å². The van der Waals surface area contributed by atoms with Gasteiger partial charge in [0, 0.05) is 11.8 Å². The van der Waals surface area contributed by atoms with Gasteiger partial charge in [-0.3, -0.25) is 4.79 Å². The van der Waals surface area contributed by atoms with Gasteiger partial charge in [-0.1, -0.05) is 0 Å². The van der Waals surface area contributed by atoms with Crippen molar-refractivity contribution in [2.45, 2.75) is 24.8 Å². The summed E-state index contributed by atoms with van der Waals surface area (Å²) in [5, 5.41) is 7.51. The Morgan fingerprint density at radius 1 is 1.19 bits per heavy atom. The van der Waals surface area contributed by atoms with Gasteiger partial charge in [-0.25, -0.2) is 18.4 Å². The molecule has 0 aliphatic rings. The number of carbonyl (C=O) groups is 2. The molecule has 1 heterocycles. The minimum atomic E-state index is -3.81. The number of hydrogen-bond donors (Lipinski definition) is 2. The van der Waals surface area contributed by atoms with E-state index >= 15 is 0 Å². The van der Waals surface area contributed by atoms with Crippen LogP contribution in [0.15, 0.2) is 51.8 Å². The molecule has 2 aromatic rings. The highest BCUT2D eigenvalue weighted by Gasteiger charge is 2.17. The number of benzene rings is 1. The Hall–Kier alpha value is -2.91. The molecule has 0 aliphatic heterocycles. The zero-order valence-electron chi connectivity index (χ0n) is 14.1. The number of sulfonamides is 1. The summed E-state index contributed by atoms with van der Waals surface area (Å²) in [7, 11) is -3.81. The number of nitrogens with two attached hydrogens (primary N) is 1. The molecule has 2 rings (SSSR count). The summed E-state index contributed by atoms with van der Waals surface area (Å²) < 4.78 is 32.6. The van der Waals surface area contributed by atoms with Crippen LogP contribution in [0.25, 0.3) is 6.08 Å². The van der Waals surface area contributed by atoms with Crippen molar-refractivity contribution >= 4 is 33.7 Å². The second-order valence-corrected chi connectivity index (χ2v) is 6.98. The molecule has 26 heavy (non-hydrogen) atoms. The number of amides is 1. The van der Waals surface area contributed by atoms with Gasteiger partial charge in [0.2, 0.25) is 10.0 Å². The van der Waals surface area contributed by atoms with E-state index in [0.717, 1.165) is 6.08 Å². The zero-order chi connectivity index (χ0) is 19.3. The van der Waals surface area contributed by atoms with Crippen LogP contribution in [0.1, 0.15) is 18.4 Å². The van der Waals surface area contributed by atoms with Crippen LogP contribution >= 0.6 is 0 Å². The average Bonchev–Trinajstić information content (AvgIpc) is 2.98. The molecule has 0 fully saturated rings. The number of rotatable bonds is 6. The van der Waals surface area contributed by atoms with Crippen LogP contribution in [-0.2, 0) is 24.3 Å². The maximum Gasteiger partial charge on any atom is 0.331 e. The van der Waals surface area contributed by atoms with Crippen molar-refractivity contribution in [3.05, 3.63) is 54.0 Å². The molecular weight excluding hydrogens is 360 g/mol. The third-order valence-corrected chi connectivity index (χ3v) is 4.19. The minimum Gasteiger partial charge on any atom is -0.462 e. The standard InChI is InChI=1S/C17H18N2O6S/c1-11-3-6-14(24-11)7-10-16(20)25-12(2)17(21)19-13-4-8-15(9-5-13)26(18,22)23/h3-10,12H,1-2H3,(H,19,21)(H2,18,22,23)/b10-7+/t12-/m0/s1. The molecule has 138 valence electrons. The molecule has 0 saturated carbocycles. The number of carbonyl (C=O) groups excluding carboxylic acids is 2. The lowest BCUT2D eigenvalue weighted by atomic mass is 10.3. The lowest BCUT2D eigenvalue weighted by molar-refractivity contribution is -0.148. The first-order chi connectivity index (χ1) is 12.1. The van der Waals surface area contributed by atoms with Crippen molar-refractivity contribution < 1.29 is 27.2 Å². The molecule has 1 aromatic heterocycles. The minimum absolute atomic E-state index is 0.0757. The average molecular weight is 378 g/mol. The summed E-state index contributed by atoms with van der Waals surface area (Å²) in [5.41, 5.74) is 0.340.